The summed E-state index contributed by atoms with van der Waals surface area (Å²) in [5.41, 5.74) is 2.16. The van der Waals surface area contributed by atoms with Crippen LogP contribution < -0.4 is 14.8 Å². The average molecular weight is 298 g/mol. The van der Waals surface area contributed by atoms with Gasteiger partial charge in [0, 0.05) is 43.0 Å². The van der Waals surface area contributed by atoms with Crippen molar-refractivity contribution in [3.63, 3.8) is 0 Å². The van der Waals surface area contributed by atoms with Crippen LogP contribution in [0.15, 0.2) is 42.7 Å². The number of methoxy groups -OCH3 is 1. The highest BCUT2D eigenvalue weighted by atomic mass is 16.5. The van der Waals surface area contributed by atoms with Crippen LogP contribution in [0, 0.1) is 0 Å². The molecule has 0 bridgehead atoms. The lowest BCUT2D eigenvalue weighted by molar-refractivity contribution is 0.0654. The van der Waals surface area contributed by atoms with Crippen LogP contribution in [0.25, 0.3) is 0 Å². The zero-order valence-electron chi connectivity index (χ0n) is 13.3. The van der Waals surface area contributed by atoms with E-state index < -0.39 is 0 Å². The number of aromatic nitrogens is 1. The molecule has 1 aromatic heterocycles. The van der Waals surface area contributed by atoms with Crippen LogP contribution in [0.1, 0.15) is 37.4 Å². The van der Waals surface area contributed by atoms with Gasteiger partial charge >= 0.3 is 0 Å². The highest BCUT2D eigenvalue weighted by molar-refractivity contribution is 5.44. The van der Waals surface area contributed by atoms with Gasteiger partial charge in [0.15, 0.2) is 0 Å². The largest absolute Gasteiger partial charge is 0.497 e. The van der Waals surface area contributed by atoms with Crippen molar-refractivity contribution >= 4 is 0 Å². The van der Waals surface area contributed by atoms with Crippen LogP contribution in [-0.2, 0) is 6.54 Å². The molecule has 4 nitrogen and oxygen atoms in total. The van der Waals surface area contributed by atoms with Crippen LogP contribution >= 0.6 is 0 Å². The number of hydrogen-bond acceptors (Lipinski definition) is 4. The van der Waals surface area contributed by atoms with E-state index in [1.165, 1.54) is 11.1 Å². The molecule has 3 rings (SSSR count). The van der Waals surface area contributed by atoms with Gasteiger partial charge in [-0.25, -0.2) is 0 Å². The summed E-state index contributed by atoms with van der Waals surface area (Å²) >= 11 is 0. The summed E-state index contributed by atoms with van der Waals surface area (Å²) < 4.78 is 11.4. The van der Waals surface area contributed by atoms with Gasteiger partial charge in [0.2, 0.25) is 0 Å². The van der Waals surface area contributed by atoms with Crippen molar-refractivity contribution in [3.05, 3.63) is 53.9 Å². The highest BCUT2D eigenvalue weighted by Gasteiger charge is 2.33. The van der Waals surface area contributed by atoms with Crippen molar-refractivity contribution in [3.8, 4) is 11.5 Å². The summed E-state index contributed by atoms with van der Waals surface area (Å²) in [6.07, 6.45) is 4.61. The van der Waals surface area contributed by atoms with Crippen molar-refractivity contribution in [1.29, 1.82) is 0 Å². The summed E-state index contributed by atoms with van der Waals surface area (Å²) in [7, 11) is 1.67. The van der Waals surface area contributed by atoms with E-state index in [2.05, 4.69) is 36.3 Å². The van der Waals surface area contributed by atoms with Crippen molar-refractivity contribution in [2.75, 3.05) is 7.11 Å². The molecule has 0 amide bonds. The monoisotopic (exact) mass is 298 g/mol. The Bertz CT molecular complexity index is 641. The minimum absolute atomic E-state index is 0.202. The minimum atomic E-state index is -0.202. The van der Waals surface area contributed by atoms with E-state index in [1.54, 1.807) is 13.3 Å². The Morgan fingerprint density at radius 2 is 2.23 bits per heavy atom. The fourth-order valence-electron chi connectivity index (χ4n) is 2.88. The number of hydrogen-bond donors (Lipinski definition) is 1. The molecule has 1 aliphatic rings. The maximum atomic E-state index is 6.11. The number of fused-ring (bicyclic) bond motifs is 1. The molecule has 116 valence electrons. The van der Waals surface area contributed by atoms with Crippen molar-refractivity contribution in [2.24, 2.45) is 0 Å². The molecule has 4 heteroatoms. The van der Waals surface area contributed by atoms with Crippen LogP contribution in [0.4, 0.5) is 0 Å². The SMILES string of the molecule is COc1ccc2c(c1)OC(C)(C)CC2NCc1cccnc1. The molecule has 0 radical (unpaired) electrons. The van der Waals surface area contributed by atoms with Crippen LogP contribution in [0.5, 0.6) is 11.5 Å². The number of nitrogens with one attached hydrogen (secondary N) is 1. The molecule has 2 heterocycles. The fourth-order valence-corrected chi connectivity index (χ4v) is 2.88. The summed E-state index contributed by atoms with van der Waals surface area (Å²) in [5.74, 6) is 1.72. The summed E-state index contributed by atoms with van der Waals surface area (Å²) in [6, 6.07) is 10.3. The van der Waals surface area contributed by atoms with Gasteiger partial charge in [-0.2, -0.15) is 0 Å². The molecule has 22 heavy (non-hydrogen) atoms. The van der Waals surface area contributed by atoms with Crippen molar-refractivity contribution in [2.45, 2.75) is 38.5 Å². The predicted octanol–water partition coefficient (Wildman–Crippen LogP) is 3.48. The first-order valence-electron chi connectivity index (χ1n) is 7.57. The zero-order chi connectivity index (χ0) is 15.6. The van der Waals surface area contributed by atoms with E-state index in [9.17, 15) is 0 Å². The lowest BCUT2D eigenvalue weighted by Gasteiger charge is -2.38. The first-order chi connectivity index (χ1) is 10.6. The molecule has 0 saturated carbocycles. The predicted molar refractivity (Wildman–Crippen MR) is 86.1 cm³/mol. The number of benzene rings is 1. The Labute approximate surface area is 131 Å². The minimum Gasteiger partial charge on any atom is -0.497 e. The van der Waals surface area contributed by atoms with Crippen molar-refractivity contribution in [1.82, 2.24) is 10.3 Å². The first-order valence-corrected chi connectivity index (χ1v) is 7.57. The second-order valence-corrected chi connectivity index (χ2v) is 6.26. The standard InChI is InChI=1S/C18H22N2O2/c1-18(2)10-16(20-12-13-5-4-8-19-11-13)15-7-6-14(21-3)9-17(15)22-18/h4-9,11,16,20H,10,12H2,1-3H3. The lowest BCUT2D eigenvalue weighted by atomic mass is 9.89. The lowest BCUT2D eigenvalue weighted by Crippen LogP contribution is -2.39. The molecular formula is C18H22N2O2. The molecule has 0 saturated heterocycles. The third-order valence-electron chi connectivity index (χ3n) is 3.95. The molecular weight excluding hydrogens is 276 g/mol. The van der Waals surface area contributed by atoms with Crippen LogP contribution in [0.2, 0.25) is 0 Å². The normalized spacial score (nSPS) is 19.1. The van der Waals surface area contributed by atoms with Gasteiger partial charge < -0.3 is 14.8 Å². The maximum Gasteiger partial charge on any atom is 0.128 e. The first kappa shape index (κ1) is 14.9. The molecule has 1 aromatic carbocycles. The molecule has 1 atom stereocenters. The average Bonchev–Trinajstić information content (AvgIpc) is 2.52. The fraction of sp³-hybridized carbons (Fsp3) is 0.389. The number of nitrogens with zero attached hydrogens (tertiary/aromatic N) is 1. The molecule has 0 spiro atoms. The number of pyridine rings is 1. The van der Waals surface area contributed by atoms with E-state index in [0.717, 1.165) is 24.5 Å². The Morgan fingerprint density at radius 3 is 2.95 bits per heavy atom. The topological polar surface area (TPSA) is 43.4 Å². The summed E-state index contributed by atoms with van der Waals surface area (Å²) in [4.78, 5) is 4.16. The van der Waals surface area contributed by atoms with Gasteiger partial charge in [0.25, 0.3) is 0 Å². The Hall–Kier alpha value is -2.07. The summed E-state index contributed by atoms with van der Waals surface area (Å²) in [5, 5.41) is 3.63. The van der Waals surface area contributed by atoms with Gasteiger partial charge in [-0.3, -0.25) is 4.98 Å². The number of rotatable bonds is 4. The van der Waals surface area contributed by atoms with E-state index >= 15 is 0 Å². The molecule has 2 aromatic rings. The molecule has 1 aliphatic heterocycles. The Morgan fingerprint density at radius 1 is 1.36 bits per heavy atom. The Kier molecular flexibility index (Phi) is 4.03. The zero-order valence-corrected chi connectivity index (χ0v) is 13.3. The van der Waals surface area contributed by atoms with E-state index in [4.69, 9.17) is 9.47 Å². The molecule has 0 aliphatic carbocycles. The number of ether oxygens (including phenoxy) is 2. The van der Waals surface area contributed by atoms with E-state index in [1.807, 2.05) is 24.4 Å². The third kappa shape index (κ3) is 3.22. The highest BCUT2D eigenvalue weighted by Crippen LogP contribution is 2.41. The quantitative estimate of drug-likeness (QED) is 0.938. The van der Waals surface area contributed by atoms with Crippen LogP contribution in [-0.4, -0.2) is 17.7 Å². The second-order valence-electron chi connectivity index (χ2n) is 6.26. The van der Waals surface area contributed by atoms with Gasteiger partial charge in [-0.15, -0.1) is 0 Å². The summed E-state index contributed by atoms with van der Waals surface area (Å²) in [6.45, 7) is 5.03. The van der Waals surface area contributed by atoms with Gasteiger partial charge in [-0.1, -0.05) is 12.1 Å². The maximum absolute atomic E-state index is 6.11. The second kappa shape index (κ2) is 5.97. The van der Waals surface area contributed by atoms with Gasteiger partial charge in [-0.05, 0) is 31.5 Å². The molecule has 0 fully saturated rings. The van der Waals surface area contributed by atoms with E-state index in [0.29, 0.717) is 0 Å². The van der Waals surface area contributed by atoms with Gasteiger partial charge in [0.1, 0.15) is 17.1 Å². The van der Waals surface area contributed by atoms with Crippen molar-refractivity contribution < 1.29 is 9.47 Å². The molecule has 1 N–H and O–H groups in total. The Balaban J connectivity index is 1.82. The van der Waals surface area contributed by atoms with Crippen LogP contribution in [0.3, 0.4) is 0 Å². The smallest absolute Gasteiger partial charge is 0.128 e. The van der Waals surface area contributed by atoms with E-state index in [-0.39, 0.29) is 11.6 Å². The van der Waals surface area contributed by atoms with Gasteiger partial charge in [0.05, 0.1) is 7.11 Å². The third-order valence-corrected chi connectivity index (χ3v) is 3.95. The molecule has 1 unspecified atom stereocenters.